The van der Waals surface area contributed by atoms with E-state index in [1.807, 2.05) is 0 Å². The highest BCUT2D eigenvalue weighted by molar-refractivity contribution is 7.92. The Kier molecular flexibility index (Phi) is 5.64. The molecule has 0 radical (unpaired) electrons. The van der Waals surface area contributed by atoms with Gasteiger partial charge in [-0.15, -0.1) is 11.3 Å². The minimum Gasteiger partial charge on any atom is -0.298 e. The van der Waals surface area contributed by atoms with Crippen LogP contribution in [-0.4, -0.2) is 19.3 Å². The molecule has 0 saturated heterocycles. The van der Waals surface area contributed by atoms with Crippen molar-refractivity contribution in [2.24, 2.45) is 0 Å². The molecule has 6 nitrogen and oxygen atoms in total. The molecule has 0 saturated carbocycles. The highest BCUT2D eigenvalue weighted by Gasteiger charge is 2.17. The van der Waals surface area contributed by atoms with Crippen molar-refractivity contribution >= 4 is 38.1 Å². The van der Waals surface area contributed by atoms with Crippen LogP contribution in [0, 0.1) is 0 Å². The number of aromatic nitrogens is 1. The number of fused-ring (bicyclic) bond motifs is 1. The van der Waals surface area contributed by atoms with Crippen molar-refractivity contribution in [2.45, 2.75) is 37.0 Å². The lowest BCUT2D eigenvalue weighted by molar-refractivity contribution is 0.102. The standard InChI is InChI=1S/C21H21N3O3S2/c25-20(23-21-22-18-12-5-2-6-13-19(18)28-21)15-8-7-9-16(14-15)24-29(26,27)17-10-3-1-4-11-17/h1,3-4,7-11,14,24H,2,5-6,12-13H2,(H,22,23,25). The van der Waals surface area contributed by atoms with Crippen LogP contribution in [0.2, 0.25) is 0 Å². The van der Waals surface area contributed by atoms with Crippen LogP contribution in [0.3, 0.4) is 0 Å². The molecule has 3 aromatic rings. The van der Waals surface area contributed by atoms with Gasteiger partial charge in [0.05, 0.1) is 10.6 Å². The number of carbonyl (C=O) groups excluding carboxylic acids is 1. The molecule has 0 fully saturated rings. The number of sulfonamides is 1. The molecule has 0 spiro atoms. The second-order valence-electron chi connectivity index (χ2n) is 6.90. The summed E-state index contributed by atoms with van der Waals surface area (Å²) in [6.07, 6.45) is 5.48. The van der Waals surface area contributed by atoms with Gasteiger partial charge in [-0.25, -0.2) is 13.4 Å². The fourth-order valence-corrected chi connectivity index (χ4v) is 5.40. The van der Waals surface area contributed by atoms with E-state index in [1.165, 1.54) is 40.8 Å². The fraction of sp³-hybridized carbons (Fsp3) is 0.238. The second kappa shape index (κ2) is 8.34. The maximum atomic E-state index is 12.7. The molecular formula is C21H21N3O3S2. The lowest BCUT2D eigenvalue weighted by Gasteiger charge is -2.09. The number of thiazole rings is 1. The summed E-state index contributed by atoms with van der Waals surface area (Å²) in [6, 6.07) is 14.5. The van der Waals surface area contributed by atoms with E-state index < -0.39 is 10.0 Å². The number of anilines is 2. The van der Waals surface area contributed by atoms with E-state index in [4.69, 9.17) is 0 Å². The highest BCUT2D eigenvalue weighted by atomic mass is 32.2. The zero-order valence-corrected chi connectivity index (χ0v) is 17.4. The zero-order chi connectivity index (χ0) is 20.3. The summed E-state index contributed by atoms with van der Waals surface area (Å²) in [5, 5.41) is 3.44. The van der Waals surface area contributed by atoms with E-state index in [1.54, 1.807) is 36.4 Å². The molecule has 1 heterocycles. The summed E-state index contributed by atoms with van der Waals surface area (Å²) < 4.78 is 27.5. The van der Waals surface area contributed by atoms with Crippen molar-refractivity contribution in [1.29, 1.82) is 0 Å². The van der Waals surface area contributed by atoms with Gasteiger partial charge in [0.2, 0.25) is 0 Å². The van der Waals surface area contributed by atoms with Crippen LogP contribution in [0.25, 0.3) is 0 Å². The van der Waals surface area contributed by atoms with Crippen LogP contribution >= 0.6 is 11.3 Å². The van der Waals surface area contributed by atoms with Crippen molar-refractivity contribution in [2.75, 3.05) is 10.0 Å². The maximum absolute atomic E-state index is 12.7. The number of hydrogen-bond acceptors (Lipinski definition) is 5. The van der Waals surface area contributed by atoms with E-state index in [0.29, 0.717) is 16.4 Å². The van der Waals surface area contributed by atoms with Gasteiger partial charge < -0.3 is 0 Å². The molecule has 29 heavy (non-hydrogen) atoms. The minimum atomic E-state index is -3.71. The third-order valence-electron chi connectivity index (χ3n) is 4.75. The number of hydrogen-bond donors (Lipinski definition) is 2. The molecular weight excluding hydrogens is 406 g/mol. The van der Waals surface area contributed by atoms with E-state index in [2.05, 4.69) is 15.0 Å². The molecule has 0 unspecified atom stereocenters. The molecule has 150 valence electrons. The molecule has 0 atom stereocenters. The van der Waals surface area contributed by atoms with Crippen molar-refractivity contribution in [1.82, 2.24) is 4.98 Å². The van der Waals surface area contributed by atoms with Gasteiger partial charge in [-0.05, 0) is 56.0 Å². The van der Waals surface area contributed by atoms with Crippen molar-refractivity contribution in [3.8, 4) is 0 Å². The van der Waals surface area contributed by atoms with Gasteiger partial charge in [0.1, 0.15) is 0 Å². The maximum Gasteiger partial charge on any atom is 0.261 e. The topological polar surface area (TPSA) is 88.2 Å². The largest absolute Gasteiger partial charge is 0.298 e. The van der Waals surface area contributed by atoms with Gasteiger partial charge in [-0.3, -0.25) is 14.8 Å². The van der Waals surface area contributed by atoms with Crippen LogP contribution in [-0.2, 0) is 22.9 Å². The predicted octanol–water partition coefficient (Wildman–Crippen LogP) is 4.47. The van der Waals surface area contributed by atoms with Crippen molar-refractivity contribution < 1.29 is 13.2 Å². The quantitative estimate of drug-likeness (QED) is 0.588. The second-order valence-corrected chi connectivity index (χ2v) is 9.67. The third kappa shape index (κ3) is 4.65. The molecule has 4 rings (SSSR count). The van der Waals surface area contributed by atoms with Crippen LogP contribution in [0.5, 0.6) is 0 Å². The van der Waals surface area contributed by atoms with E-state index in [0.717, 1.165) is 31.4 Å². The van der Waals surface area contributed by atoms with E-state index in [-0.39, 0.29) is 10.8 Å². The monoisotopic (exact) mass is 427 g/mol. The lowest BCUT2D eigenvalue weighted by Crippen LogP contribution is -2.15. The molecule has 2 aromatic carbocycles. The minimum absolute atomic E-state index is 0.166. The number of amides is 1. The first-order valence-corrected chi connectivity index (χ1v) is 11.8. The summed E-state index contributed by atoms with van der Waals surface area (Å²) in [5.41, 5.74) is 1.78. The first-order chi connectivity index (χ1) is 14.0. The summed E-state index contributed by atoms with van der Waals surface area (Å²) in [4.78, 5) is 18.7. The number of nitrogens with zero attached hydrogens (tertiary/aromatic N) is 1. The predicted molar refractivity (Wildman–Crippen MR) is 115 cm³/mol. The van der Waals surface area contributed by atoms with E-state index >= 15 is 0 Å². The number of aryl methyl sites for hydroxylation is 2. The van der Waals surface area contributed by atoms with Crippen LogP contribution < -0.4 is 10.0 Å². The Hall–Kier alpha value is -2.71. The summed E-state index contributed by atoms with van der Waals surface area (Å²) in [6.45, 7) is 0. The summed E-state index contributed by atoms with van der Waals surface area (Å²) in [7, 11) is -3.71. The molecule has 1 amide bonds. The highest BCUT2D eigenvalue weighted by Crippen LogP contribution is 2.29. The molecule has 1 aliphatic rings. The Labute approximate surface area is 174 Å². The fourth-order valence-electron chi connectivity index (χ4n) is 3.29. The lowest BCUT2D eigenvalue weighted by atomic mass is 10.2. The Morgan fingerprint density at radius 1 is 0.966 bits per heavy atom. The number of carbonyl (C=O) groups is 1. The molecule has 0 bridgehead atoms. The SMILES string of the molecule is O=C(Nc1nc2c(s1)CCCCC2)c1cccc(NS(=O)(=O)c2ccccc2)c1. The number of benzene rings is 2. The third-order valence-corrected chi connectivity index (χ3v) is 7.22. The van der Waals surface area contributed by atoms with Crippen LogP contribution in [0.4, 0.5) is 10.8 Å². The summed E-state index contributed by atoms with van der Waals surface area (Å²) >= 11 is 1.53. The molecule has 8 heteroatoms. The summed E-state index contributed by atoms with van der Waals surface area (Å²) in [5.74, 6) is -0.310. The Morgan fingerprint density at radius 3 is 2.59 bits per heavy atom. The molecule has 2 N–H and O–H groups in total. The Bertz CT molecular complexity index is 1100. The molecule has 1 aliphatic carbocycles. The van der Waals surface area contributed by atoms with Gasteiger partial charge in [0.25, 0.3) is 15.9 Å². The Morgan fingerprint density at radius 2 is 1.76 bits per heavy atom. The molecule has 1 aromatic heterocycles. The number of rotatable bonds is 5. The Balaban J connectivity index is 1.49. The van der Waals surface area contributed by atoms with E-state index in [9.17, 15) is 13.2 Å². The first-order valence-electron chi connectivity index (χ1n) is 9.49. The van der Waals surface area contributed by atoms with Gasteiger partial charge in [0, 0.05) is 16.1 Å². The van der Waals surface area contributed by atoms with Gasteiger partial charge in [-0.2, -0.15) is 0 Å². The molecule has 0 aliphatic heterocycles. The smallest absolute Gasteiger partial charge is 0.261 e. The van der Waals surface area contributed by atoms with Crippen molar-refractivity contribution in [3.05, 3.63) is 70.7 Å². The number of nitrogens with one attached hydrogen (secondary N) is 2. The normalized spacial score (nSPS) is 13.9. The zero-order valence-electron chi connectivity index (χ0n) is 15.7. The van der Waals surface area contributed by atoms with Gasteiger partial charge in [0.15, 0.2) is 5.13 Å². The van der Waals surface area contributed by atoms with Gasteiger partial charge >= 0.3 is 0 Å². The van der Waals surface area contributed by atoms with Crippen molar-refractivity contribution in [3.63, 3.8) is 0 Å². The average Bonchev–Trinajstić information content (AvgIpc) is 2.96. The van der Waals surface area contributed by atoms with Crippen LogP contribution in [0.15, 0.2) is 59.5 Å². The van der Waals surface area contributed by atoms with Crippen LogP contribution in [0.1, 0.15) is 40.2 Å². The van der Waals surface area contributed by atoms with Gasteiger partial charge in [-0.1, -0.05) is 30.7 Å². The first kappa shape index (κ1) is 19.6. The average molecular weight is 428 g/mol.